The first-order valence-corrected chi connectivity index (χ1v) is 11.2. The van der Waals surface area contributed by atoms with Crippen molar-refractivity contribution in [2.24, 2.45) is 28.7 Å². The van der Waals surface area contributed by atoms with Gasteiger partial charge in [0.15, 0.2) is 5.96 Å². The van der Waals surface area contributed by atoms with E-state index in [1.165, 1.54) is 16.0 Å². The molecule has 170 valence electrons. The van der Waals surface area contributed by atoms with Crippen LogP contribution in [0.5, 0.6) is 0 Å². The van der Waals surface area contributed by atoms with Crippen molar-refractivity contribution in [3.8, 4) is 0 Å². The lowest BCUT2D eigenvalue weighted by atomic mass is 9.85. The zero-order valence-corrected chi connectivity index (χ0v) is 20.5. The molecule has 1 aromatic heterocycles. The van der Waals surface area contributed by atoms with Gasteiger partial charge in [-0.3, -0.25) is 19.5 Å². The van der Waals surface area contributed by atoms with Gasteiger partial charge in [0.1, 0.15) is 0 Å². The van der Waals surface area contributed by atoms with Crippen LogP contribution < -0.4 is 10.6 Å². The van der Waals surface area contributed by atoms with Crippen LogP contribution in [0.3, 0.4) is 0 Å². The second-order valence-corrected chi connectivity index (χ2v) is 8.74. The number of amides is 2. The van der Waals surface area contributed by atoms with Gasteiger partial charge in [-0.15, -0.1) is 24.0 Å². The van der Waals surface area contributed by atoms with Gasteiger partial charge in [0.05, 0.1) is 11.8 Å². The van der Waals surface area contributed by atoms with Gasteiger partial charge in [-0.25, -0.2) is 0 Å². The molecule has 5 rings (SSSR count). The van der Waals surface area contributed by atoms with Crippen LogP contribution in [0.15, 0.2) is 47.5 Å². The van der Waals surface area contributed by atoms with E-state index in [-0.39, 0.29) is 59.5 Å². The van der Waals surface area contributed by atoms with E-state index in [1.54, 1.807) is 7.05 Å². The molecular formula is C24H30IN5O2. The van der Waals surface area contributed by atoms with Gasteiger partial charge in [0, 0.05) is 44.3 Å². The number of hydrogen-bond acceptors (Lipinski definition) is 3. The number of fused-ring (bicyclic) bond motifs is 6. The summed E-state index contributed by atoms with van der Waals surface area (Å²) >= 11 is 0. The van der Waals surface area contributed by atoms with Crippen molar-refractivity contribution in [1.29, 1.82) is 0 Å². The van der Waals surface area contributed by atoms with E-state index in [1.807, 2.05) is 12.1 Å². The summed E-state index contributed by atoms with van der Waals surface area (Å²) in [6.07, 6.45) is 6.82. The van der Waals surface area contributed by atoms with Gasteiger partial charge in [-0.2, -0.15) is 0 Å². The summed E-state index contributed by atoms with van der Waals surface area (Å²) in [6.45, 7) is 1.89. The first-order chi connectivity index (χ1) is 15.2. The zero-order chi connectivity index (χ0) is 21.4. The average molecular weight is 547 g/mol. The molecule has 1 saturated carbocycles. The number of aromatic nitrogens is 1. The predicted octanol–water partition coefficient (Wildman–Crippen LogP) is 2.69. The smallest absolute Gasteiger partial charge is 0.233 e. The number of nitrogens with one attached hydrogen (secondary N) is 3. The van der Waals surface area contributed by atoms with E-state index in [9.17, 15) is 9.59 Å². The number of nitrogens with zero attached hydrogens (tertiary/aromatic N) is 2. The number of likely N-dealkylation sites (tertiary alicyclic amines) is 1. The highest BCUT2D eigenvalue weighted by atomic mass is 127. The molecule has 1 saturated heterocycles. The first-order valence-electron chi connectivity index (χ1n) is 11.2. The molecule has 2 aliphatic carbocycles. The normalized spacial score (nSPS) is 26.0. The van der Waals surface area contributed by atoms with Crippen molar-refractivity contribution >= 4 is 52.7 Å². The Labute approximate surface area is 205 Å². The number of guanidine groups is 1. The van der Waals surface area contributed by atoms with Gasteiger partial charge >= 0.3 is 0 Å². The molecule has 3 N–H and O–H groups in total. The lowest BCUT2D eigenvalue weighted by Crippen LogP contribution is -2.40. The van der Waals surface area contributed by atoms with Crippen LogP contribution in [0.25, 0.3) is 10.9 Å². The van der Waals surface area contributed by atoms with E-state index in [0.717, 1.165) is 30.9 Å². The summed E-state index contributed by atoms with van der Waals surface area (Å²) in [4.78, 5) is 34.6. The molecule has 2 heterocycles. The number of para-hydroxylation sites is 1. The number of imide groups is 1. The number of hydrogen-bond donors (Lipinski definition) is 3. The molecule has 3 aliphatic rings. The van der Waals surface area contributed by atoms with Gasteiger partial charge < -0.3 is 15.6 Å². The number of benzene rings is 1. The lowest BCUT2D eigenvalue weighted by molar-refractivity contribution is -0.140. The van der Waals surface area contributed by atoms with Gasteiger partial charge in [0.2, 0.25) is 11.8 Å². The molecule has 2 aromatic rings. The van der Waals surface area contributed by atoms with E-state index >= 15 is 0 Å². The summed E-state index contributed by atoms with van der Waals surface area (Å²) in [5.74, 6) is 1.14. The third kappa shape index (κ3) is 4.16. The Kier molecular flexibility index (Phi) is 6.88. The molecule has 2 bridgehead atoms. The van der Waals surface area contributed by atoms with Crippen molar-refractivity contribution in [2.45, 2.75) is 19.3 Å². The van der Waals surface area contributed by atoms with E-state index < -0.39 is 0 Å². The summed E-state index contributed by atoms with van der Waals surface area (Å²) < 4.78 is 0. The molecule has 1 aliphatic heterocycles. The molecule has 1 aromatic carbocycles. The molecule has 8 heteroatoms. The van der Waals surface area contributed by atoms with Crippen molar-refractivity contribution < 1.29 is 9.59 Å². The largest absolute Gasteiger partial charge is 0.358 e. The topological polar surface area (TPSA) is 89.6 Å². The summed E-state index contributed by atoms with van der Waals surface area (Å²) in [5.41, 5.74) is 2.34. The molecule has 2 fully saturated rings. The van der Waals surface area contributed by atoms with Gasteiger partial charge in [-0.05, 0) is 42.2 Å². The van der Waals surface area contributed by atoms with Crippen LogP contribution in [0, 0.1) is 23.7 Å². The molecule has 0 radical (unpaired) electrons. The lowest BCUT2D eigenvalue weighted by Gasteiger charge is -2.18. The predicted molar refractivity (Wildman–Crippen MR) is 136 cm³/mol. The highest BCUT2D eigenvalue weighted by Gasteiger charge is 2.58. The molecule has 4 unspecified atom stereocenters. The molecular weight excluding hydrogens is 517 g/mol. The fourth-order valence-corrected chi connectivity index (χ4v) is 5.43. The maximum Gasteiger partial charge on any atom is 0.233 e. The van der Waals surface area contributed by atoms with Gasteiger partial charge in [0.25, 0.3) is 0 Å². The average Bonchev–Trinajstić information content (AvgIpc) is 3.54. The molecule has 0 spiro atoms. The van der Waals surface area contributed by atoms with E-state index in [2.05, 4.69) is 51.0 Å². The van der Waals surface area contributed by atoms with Crippen LogP contribution in [-0.4, -0.2) is 54.3 Å². The Morgan fingerprint density at radius 3 is 2.47 bits per heavy atom. The number of aromatic amines is 1. The standard InChI is InChI=1S/C24H29N5O2.HI/c1-25-24(27-11-9-18-14-15-5-2-3-6-19(15)28-18)26-10-4-12-29-22(30)20-16-7-8-17(13-16)21(20)23(29)31;/h2-3,5-8,14,16-17,20-21,28H,4,9-13H2,1H3,(H2,25,26,27);1H. The molecule has 4 atom stereocenters. The highest BCUT2D eigenvalue weighted by Crippen LogP contribution is 2.52. The minimum Gasteiger partial charge on any atom is -0.358 e. The number of aliphatic imine (C=N–C) groups is 1. The fourth-order valence-electron chi connectivity index (χ4n) is 5.43. The molecule has 7 nitrogen and oxygen atoms in total. The third-order valence-electron chi connectivity index (χ3n) is 6.91. The first kappa shape index (κ1) is 22.8. The summed E-state index contributed by atoms with van der Waals surface area (Å²) in [7, 11) is 1.75. The fraction of sp³-hybridized carbons (Fsp3) is 0.458. The number of rotatable bonds is 7. The van der Waals surface area contributed by atoms with Crippen LogP contribution in [0.4, 0.5) is 0 Å². The highest BCUT2D eigenvalue weighted by molar-refractivity contribution is 14.0. The Morgan fingerprint density at radius 1 is 1.09 bits per heavy atom. The minimum atomic E-state index is -0.102. The van der Waals surface area contributed by atoms with Crippen LogP contribution in [0.1, 0.15) is 18.5 Å². The van der Waals surface area contributed by atoms with Crippen molar-refractivity contribution in [3.63, 3.8) is 0 Å². The Hall–Kier alpha value is -2.36. The molecule has 2 amide bonds. The molecule has 32 heavy (non-hydrogen) atoms. The Bertz CT molecular complexity index is 999. The number of carbonyl (C=O) groups excluding carboxylic acids is 2. The van der Waals surface area contributed by atoms with E-state index in [4.69, 9.17) is 0 Å². The second kappa shape index (κ2) is 9.64. The van der Waals surface area contributed by atoms with E-state index in [0.29, 0.717) is 19.5 Å². The second-order valence-electron chi connectivity index (χ2n) is 8.74. The maximum absolute atomic E-state index is 12.7. The van der Waals surface area contributed by atoms with Crippen molar-refractivity contribution in [2.75, 3.05) is 26.7 Å². The van der Waals surface area contributed by atoms with Gasteiger partial charge in [-0.1, -0.05) is 30.4 Å². The monoisotopic (exact) mass is 547 g/mol. The Balaban J connectivity index is 0.00000245. The quantitative estimate of drug-likeness (QED) is 0.124. The summed E-state index contributed by atoms with van der Waals surface area (Å²) in [6, 6.07) is 10.4. The minimum absolute atomic E-state index is 0. The number of allylic oxidation sites excluding steroid dienone is 2. The summed E-state index contributed by atoms with van der Waals surface area (Å²) in [5, 5.41) is 7.83. The SMILES string of the molecule is CN=C(NCCCN1C(=O)C2C3C=CC(C3)C2C1=O)NCCc1cc2ccccc2[nH]1.I. The number of H-pyrrole nitrogens is 1. The zero-order valence-electron chi connectivity index (χ0n) is 18.2. The maximum atomic E-state index is 12.7. The van der Waals surface area contributed by atoms with Crippen LogP contribution in [-0.2, 0) is 16.0 Å². The van der Waals surface area contributed by atoms with Crippen molar-refractivity contribution in [1.82, 2.24) is 20.5 Å². The number of carbonyl (C=O) groups is 2. The Morgan fingerprint density at radius 2 is 1.78 bits per heavy atom. The third-order valence-corrected chi connectivity index (χ3v) is 6.91. The van der Waals surface area contributed by atoms with Crippen molar-refractivity contribution in [3.05, 3.63) is 48.2 Å². The van der Waals surface area contributed by atoms with Crippen LogP contribution in [0.2, 0.25) is 0 Å². The number of halogens is 1. The van der Waals surface area contributed by atoms with Crippen LogP contribution >= 0.6 is 24.0 Å².